The molecule has 0 amide bonds. The molecule has 1 unspecified atom stereocenters. The Kier molecular flexibility index (Phi) is 8.71. The second-order valence-electron chi connectivity index (χ2n) is 18.2. The minimum absolute atomic E-state index is 0.108. The van der Waals surface area contributed by atoms with Gasteiger partial charge in [0.1, 0.15) is 0 Å². The maximum absolute atomic E-state index is 2.46. The molecule has 0 saturated heterocycles. The van der Waals surface area contributed by atoms with Crippen LogP contribution in [0.15, 0.2) is 231 Å². The quantitative estimate of drug-likeness (QED) is 0.155. The lowest BCUT2D eigenvalue weighted by Gasteiger charge is -2.31. The Morgan fingerprint density at radius 3 is 1.56 bits per heavy atom. The zero-order valence-electron chi connectivity index (χ0n) is 36.4. The van der Waals surface area contributed by atoms with Gasteiger partial charge in [0.25, 0.3) is 0 Å². The van der Waals surface area contributed by atoms with Gasteiger partial charge in [-0.05, 0) is 138 Å². The summed E-state index contributed by atoms with van der Waals surface area (Å²) in [7, 11) is 0. The summed E-state index contributed by atoms with van der Waals surface area (Å²) in [5.74, 6) is 0. The van der Waals surface area contributed by atoms with Crippen LogP contribution in [0.25, 0.3) is 66.4 Å². The van der Waals surface area contributed by atoms with Gasteiger partial charge in [0.05, 0.1) is 0 Å². The molecule has 64 heavy (non-hydrogen) atoms. The third kappa shape index (κ3) is 5.77. The molecule has 2 aliphatic carbocycles. The number of benzene rings is 10. The fourth-order valence-corrected chi connectivity index (χ4v) is 11.3. The minimum Gasteiger partial charge on any atom is -0.310 e. The SMILES string of the molecule is CC1(C)c2ccccc2-c2cccc(-c3ccc(N(c4cccc(-c5cccc6cccc(-c7ccccc7)c56)c4)c4ccc5c(c4)C(C)(c4ccccc4)c4ccccc4-5)cc3)c21. The lowest BCUT2D eigenvalue weighted by atomic mass is 9.74. The molecule has 1 heteroatoms. The average Bonchev–Trinajstić information content (AvgIpc) is 3.76. The summed E-state index contributed by atoms with van der Waals surface area (Å²) in [6.45, 7) is 7.15. The molecule has 304 valence electrons. The molecule has 10 aromatic rings. The summed E-state index contributed by atoms with van der Waals surface area (Å²) < 4.78 is 0. The first-order valence-corrected chi connectivity index (χ1v) is 22.5. The van der Waals surface area contributed by atoms with Crippen molar-refractivity contribution in [3.8, 4) is 55.6 Å². The molecular formula is C63H47N. The standard InChI is InChI=1S/C63H47N/c1-62(2)57-32-12-10-27-54(57)56-31-17-30-52(61(56)62)43-34-36-47(37-35-43)64(49-38-39-55-53-26-11-13-33-58(53)63(3,59(55)41-49)46-23-8-5-9-24-46)48-25-14-22-45(40-48)51-29-16-21-44-20-15-28-50(60(44)51)42-18-6-4-7-19-42/h4-41H,1-3H3. The summed E-state index contributed by atoms with van der Waals surface area (Å²) in [6, 6.07) is 85.4. The van der Waals surface area contributed by atoms with E-state index in [0.717, 1.165) is 17.1 Å². The largest absolute Gasteiger partial charge is 0.310 e. The van der Waals surface area contributed by atoms with Gasteiger partial charge in [0.2, 0.25) is 0 Å². The molecule has 0 N–H and O–H groups in total. The van der Waals surface area contributed by atoms with E-state index in [-0.39, 0.29) is 10.8 Å². The molecule has 0 heterocycles. The van der Waals surface area contributed by atoms with E-state index >= 15 is 0 Å². The number of hydrogen-bond donors (Lipinski definition) is 0. The van der Waals surface area contributed by atoms with Crippen LogP contribution in [0.5, 0.6) is 0 Å². The summed E-state index contributed by atoms with van der Waals surface area (Å²) in [4.78, 5) is 2.46. The molecule has 12 rings (SSSR count). The Morgan fingerprint density at radius 2 is 0.812 bits per heavy atom. The second kappa shape index (κ2) is 14.7. The van der Waals surface area contributed by atoms with Crippen LogP contribution in [0.4, 0.5) is 17.1 Å². The van der Waals surface area contributed by atoms with Crippen molar-refractivity contribution in [3.63, 3.8) is 0 Å². The Labute approximate surface area is 376 Å². The number of anilines is 3. The smallest absolute Gasteiger partial charge is 0.0467 e. The molecule has 2 aliphatic rings. The fraction of sp³-hybridized carbons (Fsp3) is 0.0794. The van der Waals surface area contributed by atoms with Crippen LogP contribution in [0.3, 0.4) is 0 Å². The summed E-state index contributed by atoms with van der Waals surface area (Å²) in [5.41, 5.74) is 22.3. The van der Waals surface area contributed by atoms with Crippen molar-refractivity contribution >= 4 is 27.8 Å². The number of hydrogen-bond acceptors (Lipinski definition) is 1. The van der Waals surface area contributed by atoms with Crippen molar-refractivity contribution in [3.05, 3.63) is 258 Å². The predicted octanol–water partition coefficient (Wildman–Crippen LogP) is 17.0. The molecule has 1 atom stereocenters. The highest BCUT2D eigenvalue weighted by Crippen LogP contribution is 2.55. The van der Waals surface area contributed by atoms with Gasteiger partial charge in [-0.1, -0.05) is 208 Å². The third-order valence-electron chi connectivity index (χ3n) is 14.3. The molecule has 0 aromatic heterocycles. The van der Waals surface area contributed by atoms with E-state index in [1.807, 2.05) is 0 Å². The highest BCUT2D eigenvalue weighted by atomic mass is 15.1. The van der Waals surface area contributed by atoms with E-state index < -0.39 is 0 Å². The molecule has 0 saturated carbocycles. The van der Waals surface area contributed by atoms with Gasteiger partial charge in [-0.15, -0.1) is 0 Å². The van der Waals surface area contributed by atoms with Crippen molar-refractivity contribution in [2.75, 3.05) is 4.90 Å². The average molecular weight is 818 g/mol. The third-order valence-corrected chi connectivity index (χ3v) is 14.3. The first-order chi connectivity index (χ1) is 31.4. The Morgan fingerprint density at radius 1 is 0.312 bits per heavy atom. The van der Waals surface area contributed by atoms with Crippen molar-refractivity contribution in [2.45, 2.75) is 31.6 Å². The van der Waals surface area contributed by atoms with E-state index in [9.17, 15) is 0 Å². The van der Waals surface area contributed by atoms with Crippen LogP contribution in [0.1, 0.15) is 48.6 Å². The lowest BCUT2D eigenvalue weighted by Crippen LogP contribution is -2.22. The van der Waals surface area contributed by atoms with E-state index in [1.54, 1.807) is 0 Å². The maximum Gasteiger partial charge on any atom is 0.0467 e. The van der Waals surface area contributed by atoms with Crippen LogP contribution in [0, 0.1) is 0 Å². The molecule has 0 aliphatic heterocycles. The lowest BCUT2D eigenvalue weighted by molar-refractivity contribution is 0.662. The highest BCUT2D eigenvalue weighted by Gasteiger charge is 2.41. The van der Waals surface area contributed by atoms with Gasteiger partial charge in [-0.2, -0.15) is 0 Å². The second-order valence-corrected chi connectivity index (χ2v) is 18.2. The molecular weight excluding hydrogens is 771 g/mol. The van der Waals surface area contributed by atoms with Crippen molar-refractivity contribution in [1.82, 2.24) is 0 Å². The van der Waals surface area contributed by atoms with Gasteiger partial charge in [0.15, 0.2) is 0 Å². The van der Waals surface area contributed by atoms with Crippen molar-refractivity contribution in [1.29, 1.82) is 0 Å². The molecule has 10 aromatic carbocycles. The zero-order chi connectivity index (χ0) is 43.0. The Hall–Kier alpha value is -7.74. The van der Waals surface area contributed by atoms with E-state index in [0.29, 0.717) is 0 Å². The van der Waals surface area contributed by atoms with Crippen LogP contribution in [-0.2, 0) is 10.8 Å². The van der Waals surface area contributed by atoms with E-state index in [2.05, 4.69) is 256 Å². The zero-order valence-corrected chi connectivity index (χ0v) is 36.4. The van der Waals surface area contributed by atoms with Crippen molar-refractivity contribution < 1.29 is 0 Å². The van der Waals surface area contributed by atoms with Gasteiger partial charge in [-0.3, -0.25) is 0 Å². The van der Waals surface area contributed by atoms with Gasteiger partial charge >= 0.3 is 0 Å². The number of nitrogens with zero attached hydrogens (tertiary/aromatic N) is 1. The van der Waals surface area contributed by atoms with Crippen LogP contribution < -0.4 is 4.90 Å². The normalized spacial score (nSPS) is 15.3. The first kappa shape index (κ1) is 38.0. The van der Waals surface area contributed by atoms with Gasteiger partial charge in [0, 0.05) is 27.9 Å². The highest BCUT2D eigenvalue weighted by molar-refractivity contribution is 6.07. The molecule has 0 fully saturated rings. The minimum atomic E-state index is -0.324. The summed E-state index contributed by atoms with van der Waals surface area (Å²) >= 11 is 0. The molecule has 0 spiro atoms. The van der Waals surface area contributed by atoms with E-state index in [1.165, 1.54) is 94.2 Å². The monoisotopic (exact) mass is 817 g/mol. The Bertz CT molecular complexity index is 3410. The predicted molar refractivity (Wildman–Crippen MR) is 270 cm³/mol. The number of rotatable bonds is 7. The van der Waals surface area contributed by atoms with Crippen LogP contribution >= 0.6 is 0 Å². The van der Waals surface area contributed by atoms with Crippen LogP contribution in [-0.4, -0.2) is 0 Å². The number of fused-ring (bicyclic) bond motifs is 7. The van der Waals surface area contributed by atoms with Gasteiger partial charge in [-0.25, -0.2) is 0 Å². The fourth-order valence-electron chi connectivity index (χ4n) is 11.3. The first-order valence-electron chi connectivity index (χ1n) is 22.5. The van der Waals surface area contributed by atoms with E-state index in [4.69, 9.17) is 0 Å². The molecule has 1 nitrogen and oxygen atoms in total. The molecule has 0 bridgehead atoms. The van der Waals surface area contributed by atoms with Crippen molar-refractivity contribution in [2.24, 2.45) is 0 Å². The maximum atomic E-state index is 2.46. The Balaban J connectivity index is 1.04. The summed E-state index contributed by atoms with van der Waals surface area (Å²) in [6.07, 6.45) is 0. The topological polar surface area (TPSA) is 3.24 Å². The summed E-state index contributed by atoms with van der Waals surface area (Å²) in [5, 5.41) is 2.49. The molecule has 0 radical (unpaired) electrons. The van der Waals surface area contributed by atoms with Gasteiger partial charge < -0.3 is 4.90 Å². The van der Waals surface area contributed by atoms with Crippen LogP contribution in [0.2, 0.25) is 0 Å².